The Bertz CT molecular complexity index is 262. The number of aliphatic hydroxyl groups excluding tert-OH is 1. The molecule has 0 heterocycles. The monoisotopic (exact) mass is 228 g/mol. The highest BCUT2D eigenvalue weighted by atomic mass is 16.5. The zero-order valence-electron chi connectivity index (χ0n) is 9.94. The van der Waals surface area contributed by atoms with Crippen molar-refractivity contribution in [2.45, 2.75) is 45.1 Å². The summed E-state index contributed by atoms with van der Waals surface area (Å²) in [5.74, 6) is -0.790. The van der Waals surface area contributed by atoms with Crippen LogP contribution in [0.1, 0.15) is 39.0 Å². The molecule has 1 fully saturated rings. The maximum absolute atomic E-state index is 11.7. The van der Waals surface area contributed by atoms with E-state index in [0.717, 1.165) is 6.42 Å². The molecule has 0 spiro atoms. The number of ether oxygens (including phenoxy) is 1. The zero-order chi connectivity index (χ0) is 12.1. The van der Waals surface area contributed by atoms with E-state index in [-0.39, 0.29) is 11.7 Å². The van der Waals surface area contributed by atoms with Gasteiger partial charge in [-0.15, -0.1) is 0 Å². The second-order valence-electron chi connectivity index (χ2n) is 4.42. The van der Waals surface area contributed by atoms with Gasteiger partial charge in [-0.2, -0.15) is 0 Å². The van der Waals surface area contributed by atoms with Gasteiger partial charge in [0.05, 0.1) is 19.1 Å². The van der Waals surface area contributed by atoms with E-state index in [1.165, 1.54) is 7.11 Å². The molecule has 0 aliphatic heterocycles. The molecule has 3 unspecified atom stereocenters. The number of rotatable bonds is 4. The summed E-state index contributed by atoms with van der Waals surface area (Å²) in [7, 11) is 1.31. The van der Waals surface area contributed by atoms with Crippen LogP contribution in [0.3, 0.4) is 0 Å². The van der Waals surface area contributed by atoms with Gasteiger partial charge in [-0.3, -0.25) is 9.59 Å². The number of aliphatic hydroxyl groups is 1. The number of Topliss-reactive ketones (excluding diaryl/α,β-unsaturated/α-hetero) is 1. The summed E-state index contributed by atoms with van der Waals surface area (Å²) >= 11 is 0. The SMILES string of the molecule is CCCC(=O)C1CCC(O)C(C(=O)OC)C1. The lowest BCUT2D eigenvalue weighted by atomic mass is 9.77. The van der Waals surface area contributed by atoms with Crippen LogP contribution in [0.15, 0.2) is 0 Å². The number of methoxy groups -OCH3 is 1. The van der Waals surface area contributed by atoms with Crippen molar-refractivity contribution in [1.82, 2.24) is 0 Å². The Morgan fingerprint density at radius 2 is 2.06 bits per heavy atom. The lowest BCUT2D eigenvalue weighted by Gasteiger charge is -2.30. The van der Waals surface area contributed by atoms with E-state index < -0.39 is 18.0 Å². The quantitative estimate of drug-likeness (QED) is 0.737. The minimum Gasteiger partial charge on any atom is -0.469 e. The van der Waals surface area contributed by atoms with E-state index in [1.807, 2.05) is 6.92 Å². The largest absolute Gasteiger partial charge is 0.469 e. The van der Waals surface area contributed by atoms with Gasteiger partial charge in [-0.25, -0.2) is 0 Å². The molecule has 1 N–H and O–H groups in total. The van der Waals surface area contributed by atoms with E-state index in [4.69, 9.17) is 0 Å². The summed E-state index contributed by atoms with van der Waals surface area (Å²) in [5, 5.41) is 9.69. The fourth-order valence-corrected chi connectivity index (χ4v) is 2.30. The van der Waals surface area contributed by atoms with Crippen molar-refractivity contribution in [2.24, 2.45) is 11.8 Å². The molecule has 0 saturated heterocycles. The highest BCUT2D eigenvalue weighted by molar-refractivity contribution is 5.82. The Labute approximate surface area is 96.0 Å². The van der Waals surface area contributed by atoms with Gasteiger partial charge in [-0.05, 0) is 25.7 Å². The zero-order valence-corrected chi connectivity index (χ0v) is 9.94. The predicted octanol–water partition coefficient (Wildman–Crippen LogP) is 1.31. The second kappa shape index (κ2) is 5.99. The molecule has 4 heteroatoms. The maximum Gasteiger partial charge on any atom is 0.311 e. The molecule has 16 heavy (non-hydrogen) atoms. The van der Waals surface area contributed by atoms with Gasteiger partial charge >= 0.3 is 5.97 Å². The number of esters is 1. The van der Waals surface area contributed by atoms with Crippen molar-refractivity contribution in [2.75, 3.05) is 7.11 Å². The summed E-state index contributed by atoms with van der Waals surface area (Å²) in [5.41, 5.74) is 0. The van der Waals surface area contributed by atoms with Gasteiger partial charge in [-0.1, -0.05) is 6.92 Å². The van der Waals surface area contributed by atoms with E-state index in [1.54, 1.807) is 0 Å². The highest BCUT2D eigenvalue weighted by Gasteiger charge is 2.37. The Morgan fingerprint density at radius 3 is 2.62 bits per heavy atom. The summed E-state index contributed by atoms with van der Waals surface area (Å²) < 4.78 is 4.64. The van der Waals surface area contributed by atoms with E-state index in [0.29, 0.717) is 25.7 Å². The van der Waals surface area contributed by atoms with Crippen LogP contribution in [0, 0.1) is 11.8 Å². The molecule has 0 amide bonds. The van der Waals surface area contributed by atoms with Crippen molar-refractivity contribution in [1.29, 1.82) is 0 Å². The van der Waals surface area contributed by atoms with Gasteiger partial charge in [0.15, 0.2) is 0 Å². The third kappa shape index (κ3) is 3.04. The first-order chi connectivity index (χ1) is 7.60. The molecule has 1 rings (SSSR count). The van der Waals surface area contributed by atoms with Crippen LogP contribution in [0.2, 0.25) is 0 Å². The fraction of sp³-hybridized carbons (Fsp3) is 0.833. The third-order valence-corrected chi connectivity index (χ3v) is 3.27. The normalized spacial score (nSPS) is 29.8. The lowest BCUT2D eigenvalue weighted by molar-refractivity contribution is -0.152. The molecule has 0 bridgehead atoms. The minimum absolute atomic E-state index is 0.0764. The maximum atomic E-state index is 11.7. The van der Waals surface area contributed by atoms with Crippen molar-refractivity contribution in [3.8, 4) is 0 Å². The van der Waals surface area contributed by atoms with Gasteiger partial charge in [0.25, 0.3) is 0 Å². The van der Waals surface area contributed by atoms with E-state index >= 15 is 0 Å². The number of hydrogen-bond donors (Lipinski definition) is 1. The van der Waals surface area contributed by atoms with Crippen LogP contribution in [0.25, 0.3) is 0 Å². The van der Waals surface area contributed by atoms with E-state index in [9.17, 15) is 14.7 Å². The summed E-state index contributed by atoms with van der Waals surface area (Å²) in [4.78, 5) is 23.1. The highest BCUT2D eigenvalue weighted by Crippen LogP contribution is 2.31. The molecule has 1 saturated carbocycles. The summed E-state index contributed by atoms with van der Waals surface area (Å²) in [6, 6.07) is 0. The molecule has 0 radical (unpaired) electrons. The van der Waals surface area contributed by atoms with Crippen LogP contribution < -0.4 is 0 Å². The van der Waals surface area contributed by atoms with Crippen LogP contribution in [-0.4, -0.2) is 30.1 Å². The first kappa shape index (κ1) is 13.2. The summed E-state index contributed by atoms with van der Waals surface area (Å²) in [6.45, 7) is 1.97. The Kier molecular flexibility index (Phi) is 4.93. The smallest absolute Gasteiger partial charge is 0.311 e. The third-order valence-electron chi connectivity index (χ3n) is 3.27. The van der Waals surface area contributed by atoms with Gasteiger partial charge in [0.2, 0.25) is 0 Å². The van der Waals surface area contributed by atoms with Crippen LogP contribution in [0.5, 0.6) is 0 Å². The van der Waals surface area contributed by atoms with E-state index in [2.05, 4.69) is 4.74 Å². The topological polar surface area (TPSA) is 63.6 Å². The van der Waals surface area contributed by atoms with Crippen molar-refractivity contribution in [3.05, 3.63) is 0 Å². The van der Waals surface area contributed by atoms with Gasteiger partial charge in [0.1, 0.15) is 5.78 Å². The fourth-order valence-electron chi connectivity index (χ4n) is 2.30. The molecule has 0 aromatic carbocycles. The van der Waals surface area contributed by atoms with Crippen molar-refractivity contribution in [3.63, 3.8) is 0 Å². The van der Waals surface area contributed by atoms with Crippen LogP contribution in [0.4, 0.5) is 0 Å². The summed E-state index contributed by atoms with van der Waals surface area (Å²) in [6.07, 6.45) is 2.38. The molecule has 1 aliphatic rings. The average molecular weight is 228 g/mol. The molecule has 1 aliphatic carbocycles. The van der Waals surface area contributed by atoms with Crippen LogP contribution in [-0.2, 0) is 14.3 Å². The molecule has 4 nitrogen and oxygen atoms in total. The van der Waals surface area contributed by atoms with Crippen LogP contribution >= 0.6 is 0 Å². The molecule has 0 aromatic rings. The first-order valence-corrected chi connectivity index (χ1v) is 5.88. The number of carbonyl (C=O) groups excluding carboxylic acids is 2. The second-order valence-corrected chi connectivity index (χ2v) is 4.42. The van der Waals surface area contributed by atoms with Crippen molar-refractivity contribution >= 4 is 11.8 Å². The molecule has 0 aromatic heterocycles. The first-order valence-electron chi connectivity index (χ1n) is 5.88. The van der Waals surface area contributed by atoms with Gasteiger partial charge < -0.3 is 9.84 Å². The van der Waals surface area contributed by atoms with Gasteiger partial charge in [0, 0.05) is 12.3 Å². The standard InChI is InChI=1S/C12H20O4/c1-3-4-10(13)8-5-6-11(14)9(7-8)12(15)16-2/h8-9,11,14H,3-7H2,1-2H3. The Morgan fingerprint density at radius 1 is 1.38 bits per heavy atom. The lowest BCUT2D eigenvalue weighted by Crippen LogP contribution is -2.37. The predicted molar refractivity (Wildman–Crippen MR) is 58.8 cm³/mol. The molecular weight excluding hydrogens is 208 g/mol. The minimum atomic E-state index is -0.655. The Hall–Kier alpha value is -0.900. The number of hydrogen-bond acceptors (Lipinski definition) is 4. The molecule has 92 valence electrons. The average Bonchev–Trinajstić information content (AvgIpc) is 2.29. The number of carbonyl (C=O) groups is 2. The molecule has 3 atom stereocenters. The van der Waals surface area contributed by atoms with Crippen molar-refractivity contribution < 1.29 is 19.4 Å². The Balaban J connectivity index is 2.60. The number of ketones is 1. The molecular formula is C12H20O4.